The van der Waals surface area contributed by atoms with E-state index in [0.29, 0.717) is 6.42 Å². The summed E-state index contributed by atoms with van der Waals surface area (Å²) in [6, 6.07) is 16.7. The molecule has 1 unspecified atom stereocenters. The van der Waals surface area contributed by atoms with Crippen LogP contribution in [0.4, 0.5) is 0 Å². The zero-order valence-electron chi connectivity index (χ0n) is 13.7. The van der Waals surface area contributed by atoms with Gasteiger partial charge in [0.15, 0.2) is 0 Å². The summed E-state index contributed by atoms with van der Waals surface area (Å²) in [7, 11) is 0. The highest BCUT2D eigenvalue weighted by Gasteiger charge is 2.10. The molecule has 0 heterocycles. The lowest BCUT2D eigenvalue weighted by Gasteiger charge is -2.15. The van der Waals surface area contributed by atoms with E-state index in [2.05, 4.69) is 55.6 Å². The van der Waals surface area contributed by atoms with Gasteiger partial charge in [0.1, 0.15) is 0 Å². The smallest absolute Gasteiger partial charge is 0.224 e. The standard InChI is InChI=1S/C20H25NO/c1-4-16-6-8-18(9-7-16)14-20(22)21-15(3)19-12-10-17(5-2)11-13-19/h6-13,15H,4-5,14H2,1-3H3,(H,21,22). The van der Waals surface area contributed by atoms with Gasteiger partial charge >= 0.3 is 0 Å². The van der Waals surface area contributed by atoms with Gasteiger partial charge in [-0.05, 0) is 42.0 Å². The number of nitrogens with one attached hydrogen (secondary N) is 1. The van der Waals surface area contributed by atoms with E-state index in [1.54, 1.807) is 0 Å². The lowest BCUT2D eigenvalue weighted by Crippen LogP contribution is -2.28. The van der Waals surface area contributed by atoms with Crippen molar-refractivity contribution in [3.63, 3.8) is 0 Å². The quantitative estimate of drug-likeness (QED) is 0.849. The predicted molar refractivity (Wildman–Crippen MR) is 91.9 cm³/mol. The number of carbonyl (C=O) groups excluding carboxylic acids is 1. The number of aryl methyl sites for hydroxylation is 2. The molecule has 2 heteroatoms. The molecule has 2 nitrogen and oxygen atoms in total. The molecule has 1 N–H and O–H groups in total. The lowest BCUT2D eigenvalue weighted by atomic mass is 10.0. The number of rotatable bonds is 6. The molecule has 0 saturated carbocycles. The zero-order valence-corrected chi connectivity index (χ0v) is 13.7. The molecule has 0 radical (unpaired) electrons. The molecule has 0 saturated heterocycles. The summed E-state index contributed by atoms with van der Waals surface area (Å²) < 4.78 is 0. The summed E-state index contributed by atoms with van der Waals surface area (Å²) in [5.74, 6) is 0.0660. The summed E-state index contributed by atoms with van der Waals surface area (Å²) in [5.41, 5.74) is 4.82. The van der Waals surface area contributed by atoms with Crippen molar-refractivity contribution < 1.29 is 4.79 Å². The third-order valence-electron chi connectivity index (χ3n) is 4.06. The first kappa shape index (κ1) is 16.3. The van der Waals surface area contributed by atoms with Gasteiger partial charge in [0, 0.05) is 0 Å². The van der Waals surface area contributed by atoms with Gasteiger partial charge in [-0.15, -0.1) is 0 Å². The Kier molecular flexibility index (Phi) is 5.76. The average molecular weight is 295 g/mol. The maximum Gasteiger partial charge on any atom is 0.224 e. The summed E-state index contributed by atoms with van der Waals surface area (Å²) in [4.78, 5) is 12.2. The molecule has 1 atom stereocenters. The van der Waals surface area contributed by atoms with Crippen molar-refractivity contribution in [2.75, 3.05) is 0 Å². The number of hydrogen-bond acceptors (Lipinski definition) is 1. The molecular formula is C20H25NO. The third kappa shape index (κ3) is 4.45. The van der Waals surface area contributed by atoms with Crippen LogP contribution in [0.15, 0.2) is 48.5 Å². The highest BCUT2D eigenvalue weighted by molar-refractivity contribution is 5.79. The molecule has 0 bridgehead atoms. The van der Waals surface area contributed by atoms with E-state index in [-0.39, 0.29) is 11.9 Å². The fourth-order valence-electron chi connectivity index (χ4n) is 2.50. The third-order valence-corrected chi connectivity index (χ3v) is 4.06. The highest BCUT2D eigenvalue weighted by atomic mass is 16.1. The average Bonchev–Trinajstić information content (AvgIpc) is 2.55. The normalized spacial score (nSPS) is 12.0. The fraction of sp³-hybridized carbons (Fsp3) is 0.350. The predicted octanol–water partition coefficient (Wildman–Crippen LogP) is 4.23. The Balaban J connectivity index is 1.92. The van der Waals surface area contributed by atoms with E-state index >= 15 is 0 Å². The second kappa shape index (κ2) is 7.79. The molecule has 0 aliphatic carbocycles. The Labute approximate surface area is 133 Å². The van der Waals surface area contributed by atoms with Crippen molar-refractivity contribution in [2.24, 2.45) is 0 Å². The van der Waals surface area contributed by atoms with Gasteiger partial charge in [-0.25, -0.2) is 0 Å². The molecule has 22 heavy (non-hydrogen) atoms. The summed E-state index contributed by atoms with van der Waals surface area (Å²) in [6.07, 6.45) is 2.49. The Bertz CT molecular complexity index is 599. The van der Waals surface area contributed by atoms with E-state index in [1.807, 2.05) is 19.1 Å². The van der Waals surface area contributed by atoms with E-state index in [4.69, 9.17) is 0 Å². The van der Waals surface area contributed by atoms with Crippen LogP contribution in [0, 0.1) is 0 Å². The van der Waals surface area contributed by atoms with Crippen molar-refractivity contribution in [1.82, 2.24) is 5.32 Å². The van der Waals surface area contributed by atoms with Crippen LogP contribution in [0.5, 0.6) is 0 Å². The van der Waals surface area contributed by atoms with Gasteiger partial charge in [-0.1, -0.05) is 62.4 Å². The van der Waals surface area contributed by atoms with Crippen LogP contribution in [0.3, 0.4) is 0 Å². The van der Waals surface area contributed by atoms with Crippen molar-refractivity contribution >= 4 is 5.91 Å². The minimum Gasteiger partial charge on any atom is -0.349 e. The van der Waals surface area contributed by atoms with E-state index in [9.17, 15) is 4.79 Å². The molecule has 0 spiro atoms. The molecule has 0 aliphatic heterocycles. The molecule has 2 aromatic carbocycles. The Hall–Kier alpha value is -2.09. The zero-order chi connectivity index (χ0) is 15.9. The van der Waals surface area contributed by atoms with Crippen LogP contribution in [-0.4, -0.2) is 5.91 Å². The fourth-order valence-corrected chi connectivity index (χ4v) is 2.50. The van der Waals surface area contributed by atoms with Crippen LogP contribution < -0.4 is 5.32 Å². The molecule has 2 rings (SSSR count). The second-order valence-corrected chi connectivity index (χ2v) is 5.73. The Morgan fingerprint density at radius 2 is 1.32 bits per heavy atom. The molecule has 0 fully saturated rings. The SMILES string of the molecule is CCc1ccc(CC(=O)NC(C)c2ccc(CC)cc2)cc1. The van der Waals surface area contributed by atoms with Crippen LogP contribution in [-0.2, 0) is 24.1 Å². The van der Waals surface area contributed by atoms with E-state index in [0.717, 1.165) is 24.0 Å². The minimum absolute atomic E-state index is 0.0355. The Morgan fingerprint density at radius 3 is 1.82 bits per heavy atom. The first-order chi connectivity index (χ1) is 10.6. The van der Waals surface area contributed by atoms with Gasteiger partial charge in [0.2, 0.25) is 5.91 Å². The monoisotopic (exact) mass is 295 g/mol. The maximum absolute atomic E-state index is 12.2. The highest BCUT2D eigenvalue weighted by Crippen LogP contribution is 2.14. The second-order valence-electron chi connectivity index (χ2n) is 5.73. The largest absolute Gasteiger partial charge is 0.349 e. The van der Waals surface area contributed by atoms with Gasteiger partial charge in [0.05, 0.1) is 12.5 Å². The van der Waals surface area contributed by atoms with Crippen LogP contribution in [0.1, 0.15) is 49.1 Å². The van der Waals surface area contributed by atoms with Crippen molar-refractivity contribution in [2.45, 2.75) is 46.1 Å². The first-order valence-electron chi connectivity index (χ1n) is 8.08. The topological polar surface area (TPSA) is 29.1 Å². The number of amides is 1. The molecule has 116 valence electrons. The number of hydrogen-bond donors (Lipinski definition) is 1. The minimum atomic E-state index is 0.0355. The molecule has 1 amide bonds. The van der Waals surface area contributed by atoms with Crippen LogP contribution >= 0.6 is 0 Å². The van der Waals surface area contributed by atoms with Gasteiger partial charge in [0.25, 0.3) is 0 Å². The van der Waals surface area contributed by atoms with Crippen molar-refractivity contribution in [3.8, 4) is 0 Å². The number of benzene rings is 2. The summed E-state index contributed by atoms with van der Waals surface area (Å²) >= 11 is 0. The molecule has 2 aromatic rings. The van der Waals surface area contributed by atoms with E-state index in [1.165, 1.54) is 11.1 Å². The summed E-state index contributed by atoms with van der Waals surface area (Å²) in [5, 5.41) is 3.07. The van der Waals surface area contributed by atoms with Crippen LogP contribution in [0.2, 0.25) is 0 Å². The van der Waals surface area contributed by atoms with Gasteiger partial charge in [-0.3, -0.25) is 4.79 Å². The number of carbonyl (C=O) groups is 1. The van der Waals surface area contributed by atoms with Gasteiger partial charge in [-0.2, -0.15) is 0 Å². The van der Waals surface area contributed by atoms with Crippen molar-refractivity contribution in [1.29, 1.82) is 0 Å². The molecule has 0 aliphatic rings. The van der Waals surface area contributed by atoms with E-state index < -0.39 is 0 Å². The molecular weight excluding hydrogens is 270 g/mol. The van der Waals surface area contributed by atoms with Crippen molar-refractivity contribution in [3.05, 3.63) is 70.8 Å². The van der Waals surface area contributed by atoms with Crippen LogP contribution in [0.25, 0.3) is 0 Å². The summed E-state index contributed by atoms with van der Waals surface area (Å²) in [6.45, 7) is 6.30. The first-order valence-corrected chi connectivity index (χ1v) is 8.08. The van der Waals surface area contributed by atoms with Gasteiger partial charge < -0.3 is 5.32 Å². The molecule has 0 aromatic heterocycles. The Morgan fingerprint density at radius 1 is 0.864 bits per heavy atom. The maximum atomic E-state index is 12.2. The lowest BCUT2D eigenvalue weighted by molar-refractivity contribution is -0.121.